The fraction of sp³-hybridized carbons (Fsp3) is 0.545. The van der Waals surface area contributed by atoms with Gasteiger partial charge in [-0.15, -0.1) is 0 Å². The molecule has 1 N–H and O–H groups in total. The van der Waals surface area contributed by atoms with E-state index in [0.29, 0.717) is 13.1 Å². The third-order valence-corrected chi connectivity index (χ3v) is 4.45. The van der Waals surface area contributed by atoms with Crippen molar-refractivity contribution in [2.75, 3.05) is 25.0 Å². The van der Waals surface area contributed by atoms with Crippen LogP contribution < -0.4 is 5.32 Å². The van der Waals surface area contributed by atoms with E-state index >= 15 is 0 Å². The second-order valence-corrected chi connectivity index (χ2v) is 5.47. The molecule has 0 radical (unpaired) electrons. The Morgan fingerprint density at radius 3 is 2.41 bits per heavy atom. The third-order valence-electron chi connectivity index (χ3n) is 2.44. The van der Waals surface area contributed by atoms with E-state index in [1.807, 2.05) is 20.8 Å². The number of pyridine rings is 1. The minimum atomic E-state index is -3.41. The maximum Gasteiger partial charge on any atom is 0.244 e. The van der Waals surface area contributed by atoms with Gasteiger partial charge in [0.25, 0.3) is 0 Å². The number of sulfonamides is 1. The van der Waals surface area contributed by atoms with Crippen LogP contribution >= 0.6 is 0 Å². The van der Waals surface area contributed by atoms with Crippen molar-refractivity contribution in [2.24, 2.45) is 0 Å². The van der Waals surface area contributed by atoms with Gasteiger partial charge in [0.1, 0.15) is 4.90 Å². The minimum absolute atomic E-state index is 0.236. The highest BCUT2D eigenvalue weighted by Gasteiger charge is 2.21. The Hall–Kier alpha value is -1.14. The molecule has 96 valence electrons. The summed E-state index contributed by atoms with van der Waals surface area (Å²) < 4.78 is 25.8. The zero-order chi connectivity index (χ0) is 12.9. The summed E-state index contributed by atoms with van der Waals surface area (Å²) in [4.78, 5) is 4.19. The van der Waals surface area contributed by atoms with Gasteiger partial charge in [0.2, 0.25) is 10.0 Å². The number of rotatable bonds is 6. The molecule has 0 fully saturated rings. The summed E-state index contributed by atoms with van der Waals surface area (Å²) in [6.07, 6.45) is 3.00. The summed E-state index contributed by atoms with van der Waals surface area (Å²) in [6.45, 7) is 7.25. The Kier molecular flexibility index (Phi) is 4.89. The first kappa shape index (κ1) is 13.9. The first-order chi connectivity index (χ1) is 8.06. The van der Waals surface area contributed by atoms with Gasteiger partial charge in [-0.2, -0.15) is 4.31 Å². The highest BCUT2D eigenvalue weighted by molar-refractivity contribution is 7.89. The van der Waals surface area contributed by atoms with Crippen LogP contribution in [0.5, 0.6) is 0 Å². The minimum Gasteiger partial charge on any atom is -0.384 e. The number of hydrogen-bond donors (Lipinski definition) is 1. The lowest BCUT2D eigenvalue weighted by molar-refractivity contribution is 0.445. The zero-order valence-corrected chi connectivity index (χ0v) is 11.3. The van der Waals surface area contributed by atoms with Crippen LogP contribution in [0, 0.1) is 0 Å². The van der Waals surface area contributed by atoms with E-state index in [2.05, 4.69) is 10.3 Å². The molecule has 0 aromatic carbocycles. The van der Waals surface area contributed by atoms with Crippen LogP contribution in [-0.2, 0) is 10.0 Å². The summed E-state index contributed by atoms with van der Waals surface area (Å²) in [7, 11) is -3.41. The molecule has 17 heavy (non-hydrogen) atoms. The molecular weight excluding hydrogens is 238 g/mol. The van der Waals surface area contributed by atoms with Crippen molar-refractivity contribution in [1.82, 2.24) is 9.29 Å². The molecule has 1 heterocycles. The van der Waals surface area contributed by atoms with Gasteiger partial charge in [-0.25, -0.2) is 8.42 Å². The normalized spacial score (nSPS) is 11.8. The second-order valence-electron chi connectivity index (χ2n) is 3.53. The molecule has 0 saturated carbocycles. The summed E-state index contributed by atoms with van der Waals surface area (Å²) in [5.74, 6) is 0. The SMILES string of the molecule is CCNc1cncc(S(=O)(=O)N(CC)CC)c1. The van der Waals surface area contributed by atoms with Gasteiger partial charge in [-0.05, 0) is 13.0 Å². The summed E-state index contributed by atoms with van der Waals surface area (Å²) >= 11 is 0. The fourth-order valence-corrected chi connectivity index (χ4v) is 3.02. The molecule has 0 aliphatic rings. The van der Waals surface area contributed by atoms with Crippen LogP contribution in [0.25, 0.3) is 0 Å². The van der Waals surface area contributed by atoms with Gasteiger partial charge in [-0.1, -0.05) is 13.8 Å². The molecule has 0 aliphatic carbocycles. The van der Waals surface area contributed by atoms with Gasteiger partial charge in [0, 0.05) is 25.8 Å². The lowest BCUT2D eigenvalue weighted by Gasteiger charge is -2.18. The molecular formula is C11H19N3O2S. The summed E-state index contributed by atoms with van der Waals surface area (Å²) in [6, 6.07) is 1.62. The van der Waals surface area contributed by atoms with Crippen LogP contribution in [-0.4, -0.2) is 37.3 Å². The molecule has 6 heteroatoms. The van der Waals surface area contributed by atoms with Crippen molar-refractivity contribution < 1.29 is 8.42 Å². The molecule has 0 unspecified atom stereocenters. The van der Waals surface area contributed by atoms with Gasteiger partial charge >= 0.3 is 0 Å². The molecule has 0 bridgehead atoms. The van der Waals surface area contributed by atoms with Crippen LogP contribution in [0.3, 0.4) is 0 Å². The Labute approximate surface area is 103 Å². The number of nitrogens with one attached hydrogen (secondary N) is 1. The van der Waals surface area contributed by atoms with Crippen LogP contribution in [0.4, 0.5) is 5.69 Å². The Balaban J connectivity index is 3.10. The number of hydrogen-bond acceptors (Lipinski definition) is 4. The van der Waals surface area contributed by atoms with E-state index in [0.717, 1.165) is 12.2 Å². The van der Waals surface area contributed by atoms with Crippen molar-refractivity contribution in [2.45, 2.75) is 25.7 Å². The second kappa shape index (κ2) is 5.97. The van der Waals surface area contributed by atoms with Crippen molar-refractivity contribution in [1.29, 1.82) is 0 Å². The highest BCUT2D eigenvalue weighted by Crippen LogP contribution is 2.17. The fourth-order valence-electron chi connectivity index (χ4n) is 1.57. The number of anilines is 1. The molecule has 1 aromatic rings. The smallest absolute Gasteiger partial charge is 0.244 e. The molecule has 1 aromatic heterocycles. The average Bonchev–Trinajstić information content (AvgIpc) is 2.31. The number of nitrogens with zero attached hydrogens (tertiary/aromatic N) is 2. The largest absolute Gasteiger partial charge is 0.384 e. The maximum atomic E-state index is 12.2. The molecule has 0 amide bonds. The molecule has 5 nitrogen and oxygen atoms in total. The average molecular weight is 257 g/mol. The molecule has 0 aliphatic heterocycles. The first-order valence-electron chi connectivity index (χ1n) is 5.75. The number of aromatic nitrogens is 1. The summed E-state index contributed by atoms with van der Waals surface area (Å²) in [5.41, 5.74) is 0.723. The third kappa shape index (κ3) is 3.17. The molecule has 0 saturated heterocycles. The topological polar surface area (TPSA) is 62.3 Å². The standard InChI is InChI=1S/C11H19N3O2S/c1-4-13-10-7-11(9-12-8-10)17(15,16)14(5-2)6-3/h7-9,13H,4-6H2,1-3H3. The quantitative estimate of drug-likeness (QED) is 0.839. The van der Waals surface area contributed by atoms with E-state index in [4.69, 9.17) is 0 Å². The van der Waals surface area contributed by atoms with Crippen LogP contribution in [0.2, 0.25) is 0 Å². The predicted octanol–water partition coefficient (Wildman–Crippen LogP) is 1.54. The van der Waals surface area contributed by atoms with E-state index in [9.17, 15) is 8.42 Å². The van der Waals surface area contributed by atoms with Gasteiger partial charge < -0.3 is 5.32 Å². The van der Waals surface area contributed by atoms with Crippen molar-refractivity contribution in [3.05, 3.63) is 18.5 Å². The monoisotopic (exact) mass is 257 g/mol. The summed E-state index contributed by atoms with van der Waals surface area (Å²) in [5, 5.41) is 3.05. The van der Waals surface area contributed by atoms with Crippen LogP contribution in [0.1, 0.15) is 20.8 Å². The molecule has 0 spiro atoms. The highest BCUT2D eigenvalue weighted by atomic mass is 32.2. The lowest BCUT2D eigenvalue weighted by Crippen LogP contribution is -2.30. The van der Waals surface area contributed by atoms with E-state index < -0.39 is 10.0 Å². The lowest BCUT2D eigenvalue weighted by atomic mass is 10.4. The Bertz CT molecular complexity index is 456. The first-order valence-corrected chi connectivity index (χ1v) is 7.19. The van der Waals surface area contributed by atoms with Crippen LogP contribution in [0.15, 0.2) is 23.4 Å². The van der Waals surface area contributed by atoms with Gasteiger partial charge in [0.15, 0.2) is 0 Å². The van der Waals surface area contributed by atoms with Gasteiger partial charge in [0.05, 0.1) is 11.9 Å². The molecule has 0 atom stereocenters. The maximum absolute atomic E-state index is 12.2. The van der Waals surface area contributed by atoms with Crippen molar-refractivity contribution in [3.63, 3.8) is 0 Å². The molecule has 1 rings (SSSR count). The Morgan fingerprint density at radius 1 is 1.24 bits per heavy atom. The van der Waals surface area contributed by atoms with Crippen molar-refractivity contribution >= 4 is 15.7 Å². The van der Waals surface area contributed by atoms with Gasteiger partial charge in [-0.3, -0.25) is 4.98 Å². The zero-order valence-electron chi connectivity index (χ0n) is 10.5. The predicted molar refractivity (Wildman–Crippen MR) is 68.5 cm³/mol. The van der Waals surface area contributed by atoms with E-state index in [1.165, 1.54) is 10.5 Å². The van der Waals surface area contributed by atoms with E-state index in [-0.39, 0.29) is 4.90 Å². The Morgan fingerprint density at radius 2 is 1.88 bits per heavy atom. The van der Waals surface area contributed by atoms with E-state index in [1.54, 1.807) is 12.3 Å². The van der Waals surface area contributed by atoms with Crippen molar-refractivity contribution in [3.8, 4) is 0 Å².